The highest BCUT2D eigenvalue weighted by Gasteiger charge is 2.28. The van der Waals surface area contributed by atoms with Gasteiger partial charge < -0.3 is 10.6 Å². The van der Waals surface area contributed by atoms with Gasteiger partial charge in [-0.25, -0.2) is 8.42 Å². The topological polar surface area (TPSA) is 78.5 Å². The van der Waals surface area contributed by atoms with Gasteiger partial charge in [0.2, 0.25) is 10.0 Å². The molecular weight excluding hydrogens is 338 g/mol. The van der Waals surface area contributed by atoms with Crippen LogP contribution in [0.4, 0.5) is 0 Å². The molecule has 138 valence electrons. The van der Waals surface area contributed by atoms with Crippen LogP contribution in [0.15, 0.2) is 23.1 Å². The van der Waals surface area contributed by atoms with Crippen LogP contribution in [0.3, 0.4) is 0 Å². The SMILES string of the molecule is Cc1ccc(C(=O)NCC2CCCN2)cc1S(=O)(=O)N1CCCCC1. The van der Waals surface area contributed by atoms with Gasteiger partial charge in [-0.15, -0.1) is 0 Å². The molecule has 0 bridgehead atoms. The van der Waals surface area contributed by atoms with E-state index in [1.54, 1.807) is 23.4 Å². The van der Waals surface area contributed by atoms with Gasteiger partial charge in [0, 0.05) is 31.2 Å². The van der Waals surface area contributed by atoms with E-state index in [1.165, 1.54) is 6.07 Å². The number of carbonyl (C=O) groups excluding carboxylic acids is 1. The maximum atomic E-state index is 12.9. The van der Waals surface area contributed by atoms with Crippen molar-refractivity contribution in [1.29, 1.82) is 0 Å². The average Bonchev–Trinajstić information content (AvgIpc) is 3.14. The van der Waals surface area contributed by atoms with Gasteiger partial charge in [-0.1, -0.05) is 12.5 Å². The van der Waals surface area contributed by atoms with Gasteiger partial charge in [0.15, 0.2) is 0 Å². The highest BCUT2D eigenvalue weighted by Crippen LogP contribution is 2.24. The van der Waals surface area contributed by atoms with E-state index in [9.17, 15) is 13.2 Å². The summed E-state index contributed by atoms with van der Waals surface area (Å²) in [6.45, 7) is 4.46. The summed E-state index contributed by atoms with van der Waals surface area (Å²) in [7, 11) is -3.54. The maximum absolute atomic E-state index is 12.9. The van der Waals surface area contributed by atoms with Crippen LogP contribution in [0.1, 0.15) is 48.0 Å². The summed E-state index contributed by atoms with van der Waals surface area (Å²) < 4.78 is 27.4. The smallest absolute Gasteiger partial charge is 0.251 e. The third kappa shape index (κ3) is 4.22. The summed E-state index contributed by atoms with van der Waals surface area (Å²) in [5, 5.41) is 6.24. The second-order valence-electron chi connectivity index (χ2n) is 6.95. The number of nitrogens with one attached hydrogen (secondary N) is 2. The summed E-state index contributed by atoms with van der Waals surface area (Å²) in [5.41, 5.74) is 1.08. The van der Waals surface area contributed by atoms with Crippen molar-refractivity contribution in [1.82, 2.24) is 14.9 Å². The largest absolute Gasteiger partial charge is 0.350 e. The zero-order chi connectivity index (χ0) is 17.9. The van der Waals surface area contributed by atoms with Gasteiger partial charge in [-0.3, -0.25) is 4.79 Å². The summed E-state index contributed by atoms with van der Waals surface area (Å²) >= 11 is 0. The molecule has 2 fully saturated rings. The molecule has 1 aromatic carbocycles. The van der Waals surface area contributed by atoms with Gasteiger partial charge in [0.25, 0.3) is 5.91 Å². The molecule has 25 heavy (non-hydrogen) atoms. The lowest BCUT2D eigenvalue weighted by molar-refractivity contribution is 0.0950. The van der Waals surface area contributed by atoms with E-state index in [4.69, 9.17) is 0 Å². The molecule has 1 aromatic rings. The second kappa shape index (κ2) is 7.85. The number of amides is 1. The van der Waals surface area contributed by atoms with Crippen LogP contribution in [0.2, 0.25) is 0 Å². The molecule has 1 amide bonds. The standard InChI is InChI=1S/C18H27N3O3S/c1-14-7-8-15(18(22)20-13-16-6-5-9-19-16)12-17(14)25(23,24)21-10-3-2-4-11-21/h7-8,12,16,19H,2-6,9-11,13H2,1H3,(H,20,22). The Morgan fingerprint density at radius 3 is 2.68 bits per heavy atom. The molecule has 2 saturated heterocycles. The lowest BCUT2D eigenvalue weighted by atomic mass is 10.1. The summed E-state index contributed by atoms with van der Waals surface area (Å²) in [5.74, 6) is -0.219. The molecule has 0 aliphatic carbocycles. The number of hydrogen-bond donors (Lipinski definition) is 2. The molecule has 1 atom stereocenters. The Morgan fingerprint density at radius 2 is 2.00 bits per heavy atom. The van der Waals surface area contributed by atoms with E-state index < -0.39 is 10.0 Å². The minimum atomic E-state index is -3.54. The first-order valence-electron chi connectivity index (χ1n) is 9.11. The lowest BCUT2D eigenvalue weighted by Gasteiger charge is -2.26. The van der Waals surface area contributed by atoms with Crippen molar-refractivity contribution < 1.29 is 13.2 Å². The quantitative estimate of drug-likeness (QED) is 0.832. The van der Waals surface area contributed by atoms with E-state index in [0.717, 1.165) is 38.6 Å². The summed E-state index contributed by atoms with van der Waals surface area (Å²) in [4.78, 5) is 12.7. The molecule has 1 unspecified atom stereocenters. The number of sulfonamides is 1. The number of hydrogen-bond acceptors (Lipinski definition) is 4. The minimum Gasteiger partial charge on any atom is -0.350 e. The Labute approximate surface area is 150 Å². The molecule has 0 aromatic heterocycles. The van der Waals surface area contributed by atoms with Gasteiger partial charge >= 0.3 is 0 Å². The Bertz CT molecular complexity index is 721. The van der Waals surface area contributed by atoms with E-state index in [2.05, 4.69) is 10.6 Å². The monoisotopic (exact) mass is 365 g/mol. The molecule has 3 rings (SSSR count). The predicted octanol–water partition coefficient (Wildman–Crippen LogP) is 1.65. The van der Waals surface area contributed by atoms with Gasteiger partial charge in [0.1, 0.15) is 0 Å². The Hall–Kier alpha value is -1.44. The van der Waals surface area contributed by atoms with Gasteiger partial charge in [-0.2, -0.15) is 4.31 Å². The fourth-order valence-electron chi connectivity index (χ4n) is 3.51. The normalized spacial score (nSPS) is 22.0. The number of carbonyl (C=O) groups is 1. The Morgan fingerprint density at radius 1 is 1.24 bits per heavy atom. The number of nitrogens with zero attached hydrogens (tertiary/aromatic N) is 1. The number of aryl methyl sites for hydroxylation is 1. The first kappa shape index (κ1) is 18.4. The molecule has 2 N–H and O–H groups in total. The first-order chi connectivity index (χ1) is 12.0. The fraction of sp³-hybridized carbons (Fsp3) is 0.611. The number of benzene rings is 1. The summed E-state index contributed by atoms with van der Waals surface area (Å²) in [6, 6.07) is 5.25. The van der Waals surface area contributed by atoms with Crippen molar-refractivity contribution in [2.24, 2.45) is 0 Å². The second-order valence-corrected chi connectivity index (χ2v) is 8.85. The zero-order valence-electron chi connectivity index (χ0n) is 14.8. The molecule has 2 heterocycles. The molecule has 2 aliphatic rings. The zero-order valence-corrected chi connectivity index (χ0v) is 15.6. The van der Waals surface area contributed by atoms with Crippen molar-refractivity contribution in [3.63, 3.8) is 0 Å². The Balaban J connectivity index is 1.76. The van der Waals surface area contributed by atoms with E-state index in [1.807, 2.05) is 0 Å². The van der Waals surface area contributed by atoms with Crippen LogP contribution in [0.5, 0.6) is 0 Å². The highest BCUT2D eigenvalue weighted by molar-refractivity contribution is 7.89. The van der Waals surface area contributed by atoms with E-state index >= 15 is 0 Å². The molecule has 7 heteroatoms. The third-order valence-corrected chi connectivity index (χ3v) is 7.10. The van der Waals surface area contributed by atoms with Crippen LogP contribution in [-0.2, 0) is 10.0 Å². The number of rotatable bonds is 5. The molecule has 2 aliphatic heterocycles. The van der Waals surface area contributed by atoms with Crippen molar-refractivity contribution in [2.45, 2.75) is 50.0 Å². The van der Waals surface area contributed by atoms with E-state index in [-0.39, 0.29) is 10.8 Å². The van der Waals surface area contributed by atoms with Crippen LogP contribution in [0.25, 0.3) is 0 Å². The van der Waals surface area contributed by atoms with Crippen LogP contribution in [0, 0.1) is 6.92 Å². The maximum Gasteiger partial charge on any atom is 0.251 e. The molecule has 6 nitrogen and oxygen atoms in total. The minimum absolute atomic E-state index is 0.219. The van der Waals surface area contributed by atoms with Crippen molar-refractivity contribution in [2.75, 3.05) is 26.2 Å². The van der Waals surface area contributed by atoms with Crippen LogP contribution < -0.4 is 10.6 Å². The highest BCUT2D eigenvalue weighted by atomic mass is 32.2. The van der Waals surface area contributed by atoms with Crippen molar-refractivity contribution in [3.8, 4) is 0 Å². The number of piperidine rings is 1. The lowest BCUT2D eigenvalue weighted by Crippen LogP contribution is -2.37. The molecule has 0 spiro atoms. The third-order valence-electron chi connectivity index (χ3n) is 5.05. The van der Waals surface area contributed by atoms with Crippen molar-refractivity contribution in [3.05, 3.63) is 29.3 Å². The van der Waals surface area contributed by atoms with E-state index in [0.29, 0.717) is 36.8 Å². The molecular formula is C18H27N3O3S. The van der Waals surface area contributed by atoms with Gasteiger partial charge in [0.05, 0.1) is 4.90 Å². The van der Waals surface area contributed by atoms with Crippen LogP contribution in [-0.4, -0.2) is 50.9 Å². The molecule has 0 radical (unpaired) electrons. The van der Waals surface area contributed by atoms with Crippen molar-refractivity contribution >= 4 is 15.9 Å². The fourth-order valence-corrected chi connectivity index (χ4v) is 5.28. The van der Waals surface area contributed by atoms with Crippen LogP contribution >= 0.6 is 0 Å². The first-order valence-corrected chi connectivity index (χ1v) is 10.5. The average molecular weight is 365 g/mol. The Kier molecular flexibility index (Phi) is 5.76. The van der Waals surface area contributed by atoms with Gasteiger partial charge in [-0.05, 0) is 56.8 Å². The molecule has 0 saturated carbocycles. The summed E-state index contributed by atoms with van der Waals surface area (Å²) in [6.07, 6.45) is 5.05. The predicted molar refractivity (Wildman–Crippen MR) is 97.1 cm³/mol.